The second-order valence-electron chi connectivity index (χ2n) is 6.16. The van der Waals surface area contributed by atoms with Gasteiger partial charge in [0, 0.05) is 24.3 Å². The maximum absolute atomic E-state index is 12.6. The number of amides is 1. The zero-order chi connectivity index (χ0) is 16.3. The van der Waals surface area contributed by atoms with Gasteiger partial charge < -0.3 is 10.6 Å². The first kappa shape index (κ1) is 21.9. The largest absolute Gasteiger partial charge is 0.339 e. The molecule has 1 saturated heterocycles. The van der Waals surface area contributed by atoms with Crippen LogP contribution >= 0.6 is 36.2 Å². The molecule has 9 heteroatoms. The maximum Gasteiger partial charge on any atom is 0.272 e. The number of halogens is 2. The summed E-state index contributed by atoms with van der Waals surface area (Å²) in [7, 11) is 0. The van der Waals surface area contributed by atoms with Gasteiger partial charge in [0.25, 0.3) is 5.91 Å². The van der Waals surface area contributed by atoms with E-state index in [4.69, 9.17) is 0 Å². The summed E-state index contributed by atoms with van der Waals surface area (Å²) < 4.78 is 1.91. The molecule has 1 aliphatic heterocycles. The van der Waals surface area contributed by atoms with E-state index >= 15 is 0 Å². The molecule has 0 saturated carbocycles. The number of carbonyl (C=O) groups excluding carboxylic acids is 1. The van der Waals surface area contributed by atoms with Crippen molar-refractivity contribution in [2.75, 3.05) is 13.1 Å². The first-order valence-corrected chi connectivity index (χ1v) is 8.99. The van der Waals surface area contributed by atoms with Crippen molar-refractivity contribution in [3.8, 4) is 0 Å². The average Bonchev–Trinajstić information content (AvgIpc) is 3.27. The smallest absolute Gasteiger partial charge is 0.272 e. The van der Waals surface area contributed by atoms with Gasteiger partial charge in [-0.05, 0) is 38.8 Å². The lowest BCUT2D eigenvalue weighted by molar-refractivity contribution is 0.0895. The Morgan fingerprint density at radius 1 is 1.52 bits per heavy atom. The van der Waals surface area contributed by atoms with Gasteiger partial charge in [0.05, 0.1) is 11.6 Å². The standard InChI is InChI=1S/C16H23N5OS.2ClH/c1-3-16(2,15-18-8-10-23-15)19-14(22)13-6-9-21(20-13)12-5-4-7-17-11-12;;/h6,8-10,12,17H,3-5,7,11H2,1-2H3,(H,19,22);2*1H. The third kappa shape index (κ3) is 4.94. The van der Waals surface area contributed by atoms with Crippen LogP contribution < -0.4 is 10.6 Å². The van der Waals surface area contributed by atoms with E-state index in [2.05, 4.69) is 20.7 Å². The molecule has 3 heterocycles. The van der Waals surface area contributed by atoms with Crippen LogP contribution in [0.5, 0.6) is 0 Å². The Balaban J connectivity index is 0.00000156. The Morgan fingerprint density at radius 2 is 2.32 bits per heavy atom. The van der Waals surface area contributed by atoms with Crippen LogP contribution in [0.25, 0.3) is 0 Å². The molecule has 3 rings (SSSR count). The van der Waals surface area contributed by atoms with Gasteiger partial charge in [-0.3, -0.25) is 9.48 Å². The van der Waals surface area contributed by atoms with Gasteiger partial charge in [-0.2, -0.15) is 5.10 Å². The van der Waals surface area contributed by atoms with E-state index in [9.17, 15) is 4.79 Å². The summed E-state index contributed by atoms with van der Waals surface area (Å²) in [5, 5.41) is 13.8. The Labute approximate surface area is 164 Å². The van der Waals surface area contributed by atoms with E-state index in [0.29, 0.717) is 11.7 Å². The molecule has 2 unspecified atom stereocenters. The summed E-state index contributed by atoms with van der Waals surface area (Å²) >= 11 is 1.56. The van der Waals surface area contributed by atoms with E-state index in [-0.39, 0.29) is 30.7 Å². The Hall–Kier alpha value is -1.15. The lowest BCUT2D eigenvalue weighted by atomic mass is 9.99. The SMILES string of the molecule is CCC(C)(NC(=O)c1ccn(C2CCCNC2)n1)c1nccs1.Cl.Cl. The monoisotopic (exact) mass is 405 g/mol. The Bertz CT molecular complexity index is 657. The lowest BCUT2D eigenvalue weighted by Gasteiger charge is -2.27. The highest BCUT2D eigenvalue weighted by molar-refractivity contribution is 7.09. The van der Waals surface area contributed by atoms with Crippen molar-refractivity contribution in [3.63, 3.8) is 0 Å². The minimum absolute atomic E-state index is 0. The van der Waals surface area contributed by atoms with Crippen molar-refractivity contribution < 1.29 is 4.79 Å². The summed E-state index contributed by atoms with van der Waals surface area (Å²) in [6.45, 7) is 6.03. The van der Waals surface area contributed by atoms with Crippen molar-refractivity contribution in [3.05, 3.63) is 34.5 Å². The van der Waals surface area contributed by atoms with Gasteiger partial charge in [0.15, 0.2) is 0 Å². The molecular weight excluding hydrogens is 381 g/mol. The van der Waals surface area contributed by atoms with Crippen LogP contribution in [-0.2, 0) is 5.54 Å². The van der Waals surface area contributed by atoms with Crippen LogP contribution in [0.4, 0.5) is 0 Å². The predicted molar refractivity (Wildman–Crippen MR) is 105 cm³/mol. The van der Waals surface area contributed by atoms with Crippen LogP contribution in [0.3, 0.4) is 0 Å². The molecule has 1 aliphatic rings. The summed E-state index contributed by atoms with van der Waals surface area (Å²) in [4.78, 5) is 16.9. The number of nitrogens with zero attached hydrogens (tertiary/aromatic N) is 3. The summed E-state index contributed by atoms with van der Waals surface area (Å²) in [5.74, 6) is -0.146. The van der Waals surface area contributed by atoms with E-state index in [1.165, 1.54) is 0 Å². The zero-order valence-electron chi connectivity index (χ0n) is 14.4. The molecule has 2 aromatic rings. The fourth-order valence-corrected chi connectivity index (χ4v) is 3.65. The molecule has 2 aromatic heterocycles. The molecule has 2 atom stereocenters. The summed E-state index contributed by atoms with van der Waals surface area (Å²) in [6, 6.07) is 2.13. The molecule has 1 fully saturated rings. The quantitative estimate of drug-likeness (QED) is 0.800. The lowest BCUT2D eigenvalue weighted by Crippen LogP contribution is -2.43. The Morgan fingerprint density at radius 3 is 2.92 bits per heavy atom. The number of carbonyl (C=O) groups is 1. The topological polar surface area (TPSA) is 71.8 Å². The highest BCUT2D eigenvalue weighted by atomic mass is 35.5. The van der Waals surface area contributed by atoms with Gasteiger partial charge >= 0.3 is 0 Å². The van der Waals surface area contributed by atoms with Crippen molar-refractivity contribution in [2.45, 2.75) is 44.7 Å². The molecule has 25 heavy (non-hydrogen) atoms. The second kappa shape index (κ2) is 9.52. The number of hydrogen-bond acceptors (Lipinski definition) is 5. The number of hydrogen-bond donors (Lipinski definition) is 2. The Kier molecular flexibility index (Phi) is 8.34. The molecule has 0 aliphatic carbocycles. The normalized spacial score (nSPS) is 19.2. The molecule has 0 aromatic carbocycles. The number of nitrogens with one attached hydrogen (secondary N) is 2. The minimum Gasteiger partial charge on any atom is -0.339 e. The molecule has 1 amide bonds. The summed E-state index contributed by atoms with van der Waals surface area (Å²) in [6.07, 6.45) is 6.69. The van der Waals surface area contributed by atoms with E-state index in [1.54, 1.807) is 23.6 Å². The third-order valence-electron chi connectivity index (χ3n) is 4.49. The fourth-order valence-electron chi connectivity index (χ4n) is 2.83. The van der Waals surface area contributed by atoms with Crippen LogP contribution in [0.15, 0.2) is 23.8 Å². The molecule has 140 valence electrons. The highest BCUT2D eigenvalue weighted by Crippen LogP contribution is 2.26. The molecule has 6 nitrogen and oxygen atoms in total. The van der Waals surface area contributed by atoms with Gasteiger partial charge in [-0.25, -0.2) is 4.98 Å². The van der Waals surface area contributed by atoms with Gasteiger partial charge in [0.2, 0.25) is 0 Å². The van der Waals surface area contributed by atoms with Gasteiger partial charge in [-0.15, -0.1) is 36.2 Å². The second-order valence-corrected chi connectivity index (χ2v) is 7.05. The van der Waals surface area contributed by atoms with E-state index in [1.807, 2.05) is 30.1 Å². The minimum atomic E-state index is -0.457. The van der Waals surface area contributed by atoms with Crippen molar-refractivity contribution in [2.24, 2.45) is 0 Å². The van der Waals surface area contributed by atoms with Crippen LogP contribution in [-0.4, -0.2) is 33.8 Å². The number of rotatable bonds is 5. The average molecular weight is 406 g/mol. The molecule has 0 spiro atoms. The fraction of sp³-hybridized carbons (Fsp3) is 0.562. The maximum atomic E-state index is 12.6. The number of piperidine rings is 1. The van der Waals surface area contributed by atoms with Crippen LogP contribution in [0.2, 0.25) is 0 Å². The predicted octanol–water partition coefficient (Wildman–Crippen LogP) is 3.16. The molecule has 0 radical (unpaired) electrons. The van der Waals surface area contributed by atoms with Crippen LogP contribution in [0.1, 0.15) is 54.6 Å². The number of aromatic nitrogens is 3. The zero-order valence-corrected chi connectivity index (χ0v) is 16.8. The number of thiazole rings is 1. The van der Waals surface area contributed by atoms with E-state index < -0.39 is 5.54 Å². The van der Waals surface area contributed by atoms with Crippen molar-refractivity contribution in [1.29, 1.82) is 0 Å². The molecule has 2 N–H and O–H groups in total. The third-order valence-corrected chi connectivity index (χ3v) is 5.52. The van der Waals surface area contributed by atoms with Gasteiger partial charge in [-0.1, -0.05) is 6.92 Å². The first-order chi connectivity index (χ1) is 11.1. The van der Waals surface area contributed by atoms with E-state index in [0.717, 1.165) is 37.4 Å². The van der Waals surface area contributed by atoms with Crippen molar-refractivity contribution >= 4 is 42.1 Å². The highest BCUT2D eigenvalue weighted by Gasteiger charge is 2.30. The molecular formula is C16H25Cl2N5OS. The van der Waals surface area contributed by atoms with Crippen LogP contribution in [0, 0.1) is 0 Å². The molecule has 0 bridgehead atoms. The van der Waals surface area contributed by atoms with Gasteiger partial charge in [0.1, 0.15) is 10.7 Å². The summed E-state index contributed by atoms with van der Waals surface area (Å²) in [5.41, 5.74) is 0.00771. The first-order valence-electron chi connectivity index (χ1n) is 8.11. The van der Waals surface area contributed by atoms with Crippen molar-refractivity contribution in [1.82, 2.24) is 25.4 Å².